The molecule has 0 radical (unpaired) electrons. The molecule has 0 aromatic carbocycles. The van der Waals surface area contributed by atoms with Crippen molar-refractivity contribution in [3.63, 3.8) is 0 Å². The third-order valence-corrected chi connectivity index (χ3v) is 2.32. The lowest BCUT2D eigenvalue weighted by Gasteiger charge is -1.94. The number of aryl methyl sites for hydroxylation is 1. The fourth-order valence-electron chi connectivity index (χ4n) is 0.744. The molecular formula is C7H13N3OS. The van der Waals surface area contributed by atoms with E-state index in [2.05, 4.69) is 10.1 Å². The van der Waals surface area contributed by atoms with Crippen molar-refractivity contribution < 1.29 is 4.52 Å². The Morgan fingerprint density at radius 3 is 3.00 bits per heavy atom. The first-order valence-corrected chi connectivity index (χ1v) is 5.05. The van der Waals surface area contributed by atoms with Crippen LogP contribution in [0.5, 0.6) is 0 Å². The van der Waals surface area contributed by atoms with Crippen LogP contribution in [0.1, 0.15) is 18.1 Å². The van der Waals surface area contributed by atoms with Gasteiger partial charge >= 0.3 is 0 Å². The Hall–Kier alpha value is -0.550. The van der Waals surface area contributed by atoms with Gasteiger partial charge in [0.15, 0.2) is 5.82 Å². The molecule has 0 aliphatic rings. The molecule has 68 valence electrons. The maximum Gasteiger partial charge on any atom is 0.236 e. The van der Waals surface area contributed by atoms with Gasteiger partial charge in [-0.1, -0.05) is 5.16 Å². The Labute approximate surface area is 75.9 Å². The van der Waals surface area contributed by atoms with Crippen molar-refractivity contribution in [3.8, 4) is 0 Å². The number of thioether (sulfide) groups is 1. The van der Waals surface area contributed by atoms with Crippen LogP contribution >= 0.6 is 11.8 Å². The van der Waals surface area contributed by atoms with E-state index in [9.17, 15) is 0 Å². The highest BCUT2D eigenvalue weighted by molar-refractivity contribution is 7.98. The van der Waals surface area contributed by atoms with E-state index in [0.717, 1.165) is 24.5 Å². The Morgan fingerprint density at radius 1 is 1.58 bits per heavy atom. The molecule has 5 heteroatoms. The molecule has 0 saturated carbocycles. The second-order valence-corrected chi connectivity index (χ2v) is 3.54. The normalized spacial score (nSPS) is 10.5. The lowest BCUT2D eigenvalue weighted by molar-refractivity contribution is 0.387. The van der Waals surface area contributed by atoms with Gasteiger partial charge in [0.05, 0.1) is 5.75 Å². The summed E-state index contributed by atoms with van der Waals surface area (Å²) < 4.78 is 4.93. The van der Waals surface area contributed by atoms with E-state index >= 15 is 0 Å². The van der Waals surface area contributed by atoms with Crippen LogP contribution in [0.3, 0.4) is 0 Å². The van der Waals surface area contributed by atoms with Crippen LogP contribution in [0, 0.1) is 6.92 Å². The molecule has 0 bridgehead atoms. The van der Waals surface area contributed by atoms with Gasteiger partial charge in [0.1, 0.15) is 0 Å². The summed E-state index contributed by atoms with van der Waals surface area (Å²) in [5.41, 5.74) is 5.35. The van der Waals surface area contributed by atoms with Crippen molar-refractivity contribution in [2.45, 2.75) is 19.1 Å². The molecule has 0 fully saturated rings. The van der Waals surface area contributed by atoms with Crippen molar-refractivity contribution >= 4 is 11.8 Å². The molecular weight excluding hydrogens is 174 g/mol. The van der Waals surface area contributed by atoms with Crippen LogP contribution in [-0.2, 0) is 5.75 Å². The zero-order chi connectivity index (χ0) is 8.81. The van der Waals surface area contributed by atoms with E-state index in [0.29, 0.717) is 11.7 Å². The highest BCUT2D eigenvalue weighted by Gasteiger charge is 2.00. The topological polar surface area (TPSA) is 64.9 Å². The number of rotatable bonds is 5. The van der Waals surface area contributed by atoms with Crippen molar-refractivity contribution in [2.24, 2.45) is 5.73 Å². The summed E-state index contributed by atoms with van der Waals surface area (Å²) in [4.78, 5) is 4.08. The van der Waals surface area contributed by atoms with Crippen LogP contribution in [0.15, 0.2) is 4.52 Å². The first-order chi connectivity index (χ1) is 5.83. The van der Waals surface area contributed by atoms with Gasteiger partial charge in [0, 0.05) is 0 Å². The van der Waals surface area contributed by atoms with Gasteiger partial charge in [0.2, 0.25) is 5.89 Å². The molecule has 1 aromatic rings. The number of nitrogens with zero attached hydrogens (tertiary/aromatic N) is 2. The molecule has 1 heterocycles. The predicted molar refractivity (Wildman–Crippen MR) is 48.9 cm³/mol. The Morgan fingerprint density at radius 2 is 2.42 bits per heavy atom. The summed E-state index contributed by atoms with van der Waals surface area (Å²) in [6.45, 7) is 2.56. The van der Waals surface area contributed by atoms with Crippen LogP contribution in [0.4, 0.5) is 0 Å². The second-order valence-electron chi connectivity index (χ2n) is 2.43. The minimum atomic E-state index is 0.699. The molecule has 0 amide bonds. The Bertz CT molecular complexity index is 226. The van der Waals surface area contributed by atoms with Crippen molar-refractivity contribution in [3.05, 3.63) is 11.7 Å². The highest BCUT2D eigenvalue weighted by atomic mass is 32.2. The smallest absolute Gasteiger partial charge is 0.236 e. The average Bonchev–Trinajstić information content (AvgIpc) is 2.45. The molecule has 4 nitrogen and oxygen atoms in total. The molecule has 0 aliphatic heterocycles. The van der Waals surface area contributed by atoms with E-state index in [-0.39, 0.29) is 0 Å². The molecule has 0 unspecified atom stereocenters. The summed E-state index contributed by atoms with van der Waals surface area (Å²) in [6, 6.07) is 0. The van der Waals surface area contributed by atoms with Gasteiger partial charge in [-0.05, 0) is 25.6 Å². The Balaban J connectivity index is 2.15. The van der Waals surface area contributed by atoms with E-state index in [1.54, 1.807) is 11.8 Å². The summed E-state index contributed by atoms with van der Waals surface area (Å²) >= 11 is 1.77. The van der Waals surface area contributed by atoms with Crippen LogP contribution < -0.4 is 5.73 Å². The summed E-state index contributed by atoms with van der Waals surface area (Å²) in [6.07, 6.45) is 1.04. The van der Waals surface area contributed by atoms with Crippen LogP contribution in [-0.4, -0.2) is 22.4 Å². The SMILES string of the molecule is Cc1noc(CSCCCN)n1. The van der Waals surface area contributed by atoms with Crippen LogP contribution in [0.25, 0.3) is 0 Å². The van der Waals surface area contributed by atoms with E-state index in [4.69, 9.17) is 10.3 Å². The molecule has 12 heavy (non-hydrogen) atoms. The predicted octanol–water partition coefficient (Wildman–Crippen LogP) is 0.960. The van der Waals surface area contributed by atoms with Crippen LogP contribution in [0.2, 0.25) is 0 Å². The fourth-order valence-corrected chi connectivity index (χ4v) is 1.55. The minimum Gasteiger partial charge on any atom is -0.338 e. The molecule has 1 rings (SSSR count). The molecule has 1 aromatic heterocycles. The lowest BCUT2D eigenvalue weighted by atomic mass is 10.5. The van der Waals surface area contributed by atoms with Gasteiger partial charge in [-0.25, -0.2) is 0 Å². The van der Waals surface area contributed by atoms with Gasteiger partial charge in [-0.3, -0.25) is 0 Å². The minimum absolute atomic E-state index is 0.699. The number of nitrogens with two attached hydrogens (primary N) is 1. The van der Waals surface area contributed by atoms with Gasteiger partial charge in [-0.15, -0.1) is 0 Å². The van der Waals surface area contributed by atoms with Gasteiger partial charge in [-0.2, -0.15) is 16.7 Å². The fraction of sp³-hybridized carbons (Fsp3) is 0.714. The molecule has 0 saturated heterocycles. The number of aromatic nitrogens is 2. The average molecular weight is 187 g/mol. The third kappa shape index (κ3) is 3.23. The van der Waals surface area contributed by atoms with E-state index in [1.807, 2.05) is 6.92 Å². The van der Waals surface area contributed by atoms with Crippen molar-refractivity contribution in [1.29, 1.82) is 0 Å². The van der Waals surface area contributed by atoms with Gasteiger partial charge in [0.25, 0.3) is 0 Å². The first-order valence-electron chi connectivity index (χ1n) is 3.90. The highest BCUT2D eigenvalue weighted by Crippen LogP contribution is 2.10. The Kier molecular flexibility index (Phi) is 4.10. The zero-order valence-corrected chi connectivity index (χ0v) is 7.93. The lowest BCUT2D eigenvalue weighted by Crippen LogP contribution is -1.99. The molecule has 0 aliphatic carbocycles. The van der Waals surface area contributed by atoms with Crippen molar-refractivity contribution in [2.75, 3.05) is 12.3 Å². The maximum atomic E-state index is 5.35. The third-order valence-electron chi connectivity index (χ3n) is 1.29. The van der Waals surface area contributed by atoms with E-state index in [1.165, 1.54) is 0 Å². The zero-order valence-electron chi connectivity index (χ0n) is 7.12. The summed E-state index contributed by atoms with van der Waals surface area (Å²) in [5.74, 6) is 3.25. The summed E-state index contributed by atoms with van der Waals surface area (Å²) in [7, 11) is 0. The largest absolute Gasteiger partial charge is 0.338 e. The molecule has 0 spiro atoms. The number of hydrogen-bond acceptors (Lipinski definition) is 5. The van der Waals surface area contributed by atoms with E-state index < -0.39 is 0 Å². The second kappa shape index (κ2) is 5.16. The van der Waals surface area contributed by atoms with Crippen molar-refractivity contribution in [1.82, 2.24) is 10.1 Å². The maximum absolute atomic E-state index is 5.35. The standard InChI is InChI=1S/C7H13N3OS/c1-6-9-7(11-10-6)5-12-4-2-3-8/h2-5,8H2,1H3. The molecule has 2 N–H and O–H groups in total. The molecule has 0 atom stereocenters. The monoisotopic (exact) mass is 187 g/mol. The summed E-state index contributed by atoms with van der Waals surface area (Å²) in [5, 5.41) is 3.69. The first kappa shape index (κ1) is 9.54. The van der Waals surface area contributed by atoms with Gasteiger partial charge < -0.3 is 10.3 Å². The quantitative estimate of drug-likeness (QED) is 0.695. The number of hydrogen-bond donors (Lipinski definition) is 1.